The van der Waals surface area contributed by atoms with Gasteiger partial charge >= 0.3 is 0 Å². The van der Waals surface area contributed by atoms with Crippen LogP contribution in [-0.4, -0.2) is 47.6 Å². The Morgan fingerprint density at radius 1 is 0.862 bits per heavy atom. The highest BCUT2D eigenvalue weighted by molar-refractivity contribution is 7.87. The Morgan fingerprint density at radius 2 is 1.21 bits per heavy atom. The van der Waals surface area contributed by atoms with Crippen LogP contribution in [0.15, 0.2) is 47.6 Å². The van der Waals surface area contributed by atoms with E-state index in [1.807, 2.05) is 13.8 Å². The normalized spacial score (nSPS) is 29.9. The molecule has 9 heteroatoms. The van der Waals surface area contributed by atoms with Crippen LogP contribution in [0.3, 0.4) is 0 Å². The van der Waals surface area contributed by atoms with Gasteiger partial charge in [-0.3, -0.25) is 9.11 Å². The molecule has 4 atom stereocenters. The van der Waals surface area contributed by atoms with Gasteiger partial charge in [0.25, 0.3) is 20.2 Å². The van der Waals surface area contributed by atoms with E-state index in [0.717, 1.165) is 11.1 Å². The summed E-state index contributed by atoms with van der Waals surface area (Å²) >= 11 is 0. The van der Waals surface area contributed by atoms with E-state index in [-0.39, 0.29) is 25.7 Å². The van der Waals surface area contributed by atoms with Crippen molar-refractivity contribution >= 4 is 20.2 Å². The lowest BCUT2D eigenvalue weighted by Crippen LogP contribution is -2.43. The van der Waals surface area contributed by atoms with E-state index in [2.05, 4.69) is 0 Å². The van der Waals surface area contributed by atoms with Crippen molar-refractivity contribution in [2.75, 3.05) is 0 Å². The SMILES string of the molecule is CC1=CCC(CC(C)OC(C)CC2(S(=O)(=O)O)C=CC(C)=CC2)(S(=O)(=O)O)C=C1. The van der Waals surface area contributed by atoms with Crippen molar-refractivity contribution in [3.05, 3.63) is 47.6 Å². The third-order valence-corrected chi connectivity index (χ3v) is 8.59. The van der Waals surface area contributed by atoms with E-state index < -0.39 is 41.9 Å². The molecule has 0 aliphatic heterocycles. The zero-order valence-corrected chi connectivity index (χ0v) is 18.8. The van der Waals surface area contributed by atoms with Crippen LogP contribution in [-0.2, 0) is 25.0 Å². The number of ether oxygens (including phenoxy) is 1. The minimum atomic E-state index is -4.38. The zero-order chi connectivity index (χ0) is 22.1. The number of allylic oxidation sites excluding steroid dienone is 6. The van der Waals surface area contributed by atoms with Crippen molar-refractivity contribution in [1.29, 1.82) is 0 Å². The van der Waals surface area contributed by atoms with Gasteiger partial charge in [0.2, 0.25) is 0 Å². The molecule has 0 radical (unpaired) electrons. The van der Waals surface area contributed by atoms with Gasteiger partial charge in [-0.15, -0.1) is 0 Å². The second kappa shape index (κ2) is 8.47. The molecule has 0 saturated heterocycles. The van der Waals surface area contributed by atoms with Crippen molar-refractivity contribution in [3.8, 4) is 0 Å². The fraction of sp³-hybridized carbons (Fsp3) is 0.600. The predicted octanol–water partition coefficient (Wildman–Crippen LogP) is 3.63. The van der Waals surface area contributed by atoms with Gasteiger partial charge in [0.1, 0.15) is 9.49 Å². The van der Waals surface area contributed by atoms with Gasteiger partial charge in [0.15, 0.2) is 0 Å². The second-order valence-electron chi connectivity index (χ2n) is 8.22. The summed E-state index contributed by atoms with van der Waals surface area (Å²) in [4.78, 5) is 0. The number of hydrogen-bond donors (Lipinski definition) is 2. The molecule has 0 amide bonds. The Kier molecular flexibility index (Phi) is 7.01. The molecule has 0 aromatic carbocycles. The topological polar surface area (TPSA) is 118 Å². The Morgan fingerprint density at radius 3 is 1.45 bits per heavy atom. The zero-order valence-electron chi connectivity index (χ0n) is 17.2. The first-order valence-corrected chi connectivity index (χ1v) is 12.4. The summed E-state index contributed by atoms with van der Waals surface area (Å²) in [5.41, 5.74) is 1.82. The van der Waals surface area contributed by atoms with E-state index in [4.69, 9.17) is 4.74 Å². The lowest BCUT2D eigenvalue weighted by Gasteiger charge is -2.35. The van der Waals surface area contributed by atoms with Crippen molar-refractivity contribution in [2.45, 2.75) is 75.1 Å². The van der Waals surface area contributed by atoms with Crippen LogP contribution in [0, 0.1) is 0 Å². The summed E-state index contributed by atoms with van der Waals surface area (Å²) in [5, 5.41) is 0. The van der Waals surface area contributed by atoms with Crippen molar-refractivity contribution < 1.29 is 30.7 Å². The molecule has 2 rings (SSSR count). The number of rotatable bonds is 8. The lowest BCUT2D eigenvalue weighted by atomic mass is 9.90. The molecule has 29 heavy (non-hydrogen) atoms. The van der Waals surface area contributed by atoms with E-state index in [9.17, 15) is 25.9 Å². The molecule has 0 spiro atoms. The largest absolute Gasteiger partial charge is 0.375 e. The third kappa shape index (κ3) is 5.46. The van der Waals surface area contributed by atoms with Gasteiger partial charge in [-0.25, -0.2) is 0 Å². The molecule has 0 bridgehead atoms. The van der Waals surface area contributed by atoms with E-state index in [1.165, 1.54) is 12.2 Å². The molecule has 4 unspecified atom stereocenters. The van der Waals surface area contributed by atoms with Gasteiger partial charge in [-0.1, -0.05) is 47.6 Å². The van der Waals surface area contributed by atoms with Gasteiger partial charge in [-0.05, 0) is 53.4 Å². The first kappa shape index (κ1) is 24.0. The summed E-state index contributed by atoms with van der Waals surface area (Å²) in [6.45, 7) is 7.05. The van der Waals surface area contributed by atoms with Gasteiger partial charge in [0, 0.05) is 0 Å². The molecule has 0 aromatic heterocycles. The first-order chi connectivity index (χ1) is 13.2. The standard InChI is InChI=1S/C20H30O7S2/c1-15-5-9-19(10-6-15,28(21,22)23)13-17(3)27-18(4)14-20(29(24,25)26)11-7-16(2)8-12-20/h5-9,11,17-18H,10,12-14H2,1-4H3,(H,21,22,23)(H,24,25,26). The van der Waals surface area contributed by atoms with Crippen LogP contribution in [0.4, 0.5) is 0 Å². The fourth-order valence-electron chi connectivity index (χ4n) is 3.87. The third-order valence-electron chi connectivity index (χ3n) is 5.60. The van der Waals surface area contributed by atoms with Crippen LogP contribution < -0.4 is 0 Å². The van der Waals surface area contributed by atoms with E-state index in [1.54, 1.807) is 38.2 Å². The quantitative estimate of drug-likeness (QED) is 0.547. The molecule has 0 fully saturated rings. The van der Waals surface area contributed by atoms with Crippen LogP contribution in [0.5, 0.6) is 0 Å². The highest BCUT2D eigenvalue weighted by Crippen LogP contribution is 2.36. The summed E-state index contributed by atoms with van der Waals surface area (Å²) in [5.74, 6) is 0. The maximum absolute atomic E-state index is 12.1. The monoisotopic (exact) mass is 446 g/mol. The van der Waals surface area contributed by atoms with Crippen molar-refractivity contribution in [2.24, 2.45) is 0 Å². The van der Waals surface area contributed by atoms with Gasteiger partial charge in [0.05, 0.1) is 12.2 Å². The molecule has 7 nitrogen and oxygen atoms in total. The van der Waals surface area contributed by atoms with E-state index in [0.29, 0.717) is 0 Å². The van der Waals surface area contributed by atoms with E-state index >= 15 is 0 Å². The molecule has 2 aliphatic carbocycles. The van der Waals surface area contributed by atoms with Crippen LogP contribution in [0.1, 0.15) is 53.4 Å². The first-order valence-electron chi connectivity index (χ1n) is 9.51. The van der Waals surface area contributed by atoms with Gasteiger partial charge in [-0.2, -0.15) is 16.8 Å². The molecular formula is C20H30O7S2. The fourth-order valence-corrected chi connectivity index (χ4v) is 5.83. The minimum absolute atomic E-state index is 0.0180. The maximum atomic E-state index is 12.1. The Labute approximate surface area is 173 Å². The molecule has 0 heterocycles. The van der Waals surface area contributed by atoms with Crippen LogP contribution in [0.25, 0.3) is 0 Å². The summed E-state index contributed by atoms with van der Waals surface area (Å²) in [6, 6.07) is 0. The van der Waals surface area contributed by atoms with Crippen molar-refractivity contribution in [3.63, 3.8) is 0 Å². The Hall–Kier alpha value is -1.26. The molecule has 2 N–H and O–H groups in total. The predicted molar refractivity (Wildman–Crippen MR) is 113 cm³/mol. The van der Waals surface area contributed by atoms with Gasteiger partial charge < -0.3 is 4.74 Å². The lowest BCUT2D eigenvalue weighted by molar-refractivity contribution is -0.00755. The Bertz CT molecular complexity index is 879. The average molecular weight is 447 g/mol. The van der Waals surface area contributed by atoms with Crippen molar-refractivity contribution in [1.82, 2.24) is 0 Å². The maximum Gasteiger partial charge on any atom is 0.274 e. The molecule has 2 aliphatic rings. The number of hydrogen-bond acceptors (Lipinski definition) is 5. The molecule has 0 saturated carbocycles. The average Bonchev–Trinajstić information content (AvgIpc) is 2.57. The molecule has 164 valence electrons. The van der Waals surface area contributed by atoms with Crippen LogP contribution in [0.2, 0.25) is 0 Å². The highest BCUT2D eigenvalue weighted by Gasteiger charge is 2.44. The second-order valence-corrected chi connectivity index (χ2v) is 11.7. The summed E-state index contributed by atoms with van der Waals surface area (Å²) < 4.78 is 70.8. The van der Waals surface area contributed by atoms with Crippen LogP contribution >= 0.6 is 0 Å². The molecule has 0 aromatic rings. The molecular weight excluding hydrogens is 416 g/mol. The summed E-state index contributed by atoms with van der Waals surface area (Å²) in [7, 11) is -8.75. The summed E-state index contributed by atoms with van der Waals surface area (Å²) in [6.07, 6.45) is 8.93. The Balaban J connectivity index is 2.13. The highest BCUT2D eigenvalue weighted by atomic mass is 32.2. The smallest absolute Gasteiger partial charge is 0.274 e. The minimum Gasteiger partial charge on any atom is -0.375 e.